The van der Waals surface area contributed by atoms with Crippen LogP contribution in [0.3, 0.4) is 0 Å². The summed E-state index contributed by atoms with van der Waals surface area (Å²) >= 11 is 0. The second-order valence-corrected chi connectivity index (χ2v) is 8.86. The van der Waals surface area contributed by atoms with Crippen LogP contribution >= 0.6 is 0 Å². The van der Waals surface area contributed by atoms with Crippen molar-refractivity contribution in [3.05, 3.63) is 95.4 Å². The highest BCUT2D eigenvalue weighted by atomic mass is 19.1. The summed E-state index contributed by atoms with van der Waals surface area (Å²) in [5, 5.41) is 3.13. The normalized spacial score (nSPS) is 14.2. The molecule has 33 heavy (non-hydrogen) atoms. The van der Waals surface area contributed by atoms with Gasteiger partial charge in [-0.15, -0.1) is 0 Å². The molecule has 0 saturated heterocycles. The number of nitrogens with zero attached hydrogens (tertiary/aromatic N) is 1. The zero-order valence-electron chi connectivity index (χ0n) is 19.0. The predicted molar refractivity (Wildman–Crippen MR) is 128 cm³/mol. The molecule has 1 heterocycles. The molecule has 0 fully saturated rings. The minimum Gasteiger partial charge on any atom is -0.497 e. The van der Waals surface area contributed by atoms with Crippen molar-refractivity contribution in [2.45, 2.75) is 26.2 Å². The molecule has 2 amide bonds. The van der Waals surface area contributed by atoms with Crippen LogP contribution in [-0.4, -0.2) is 18.9 Å². The van der Waals surface area contributed by atoms with Crippen molar-refractivity contribution in [1.29, 1.82) is 0 Å². The summed E-state index contributed by atoms with van der Waals surface area (Å²) in [5.74, 6) is -0.884. The lowest BCUT2D eigenvalue weighted by Gasteiger charge is -2.19. The first-order chi connectivity index (χ1) is 15.7. The number of ether oxygens (including phenoxy) is 1. The number of hydrogen-bond donors (Lipinski definition) is 1. The van der Waals surface area contributed by atoms with E-state index in [0.717, 1.165) is 10.5 Å². The van der Waals surface area contributed by atoms with E-state index in [0.29, 0.717) is 22.7 Å². The van der Waals surface area contributed by atoms with E-state index in [1.807, 2.05) is 24.3 Å². The molecule has 1 aliphatic rings. The van der Waals surface area contributed by atoms with E-state index in [1.54, 1.807) is 24.3 Å². The van der Waals surface area contributed by atoms with Crippen LogP contribution < -0.4 is 15.0 Å². The Morgan fingerprint density at radius 1 is 0.879 bits per heavy atom. The number of halogens is 1. The summed E-state index contributed by atoms with van der Waals surface area (Å²) in [6.45, 7) is 6.36. The van der Waals surface area contributed by atoms with Crippen LogP contribution in [0.1, 0.15) is 31.9 Å². The molecular weight excluding hydrogens is 419 g/mol. The molecule has 3 aromatic rings. The highest BCUT2D eigenvalue weighted by Gasteiger charge is 2.40. The van der Waals surface area contributed by atoms with E-state index in [1.165, 1.54) is 31.4 Å². The molecule has 0 radical (unpaired) electrons. The Balaban J connectivity index is 1.77. The van der Waals surface area contributed by atoms with E-state index < -0.39 is 17.6 Å². The van der Waals surface area contributed by atoms with Gasteiger partial charge in [-0.25, -0.2) is 9.29 Å². The van der Waals surface area contributed by atoms with Crippen LogP contribution in [0.15, 0.2) is 78.5 Å². The van der Waals surface area contributed by atoms with Crippen molar-refractivity contribution in [3.63, 3.8) is 0 Å². The fraction of sp³-hybridized carbons (Fsp3) is 0.185. The van der Waals surface area contributed by atoms with Gasteiger partial charge < -0.3 is 10.1 Å². The van der Waals surface area contributed by atoms with Gasteiger partial charge in [-0.05, 0) is 52.9 Å². The summed E-state index contributed by atoms with van der Waals surface area (Å²) in [6, 6.07) is 20.0. The van der Waals surface area contributed by atoms with Gasteiger partial charge in [-0.2, -0.15) is 0 Å². The third kappa shape index (κ3) is 4.37. The van der Waals surface area contributed by atoms with Crippen molar-refractivity contribution >= 4 is 28.8 Å². The van der Waals surface area contributed by atoms with Crippen LogP contribution in [-0.2, 0) is 15.0 Å². The van der Waals surface area contributed by atoms with Gasteiger partial charge in [-0.3, -0.25) is 9.59 Å². The van der Waals surface area contributed by atoms with Crippen molar-refractivity contribution in [2.75, 3.05) is 17.3 Å². The molecule has 0 unspecified atom stereocenters. The maximum atomic E-state index is 13.5. The quantitative estimate of drug-likeness (QED) is 0.526. The number of hydrogen-bond acceptors (Lipinski definition) is 4. The number of imide groups is 1. The van der Waals surface area contributed by atoms with Crippen molar-refractivity contribution < 1.29 is 18.7 Å². The molecule has 0 spiro atoms. The highest BCUT2D eigenvalue weighted by Crippen LogP contribution is 2.35. The number of rotatable bonds is 5. The maximum absolute atomic E-state index is 13.5. The zero-order valence-corrected chi connectivity index (χ0v) is 19.0. The smallest absolute Gasteiger partial charge is 0.282 e. The molecule has 3 aromatic carbocycles. The Morgan fingerprint density at radius 2 is 1.55 bits per heavy atom. The lowest BCUT2D eigenvalue weighted by Crippen LogP contribution is -2.32. The van der Waals surface area contributed by atoms with Gasteiger partial charge in [0, 0.05) is 11.8 Å². The monoisotopic (exact) mass is 444 g/mol. The average Bonchev–Trinajstić information content (AvgIpc) is 3.03. The predicted octanol–water partition coefficient (Wildman–Crippen LogP) is 5.53. The number of anilines is 2. The van der Waals surface area contributed by atoms with Crippen molar-refractivity contribution in [1.82, 2.24) is 0 Å². The van der Waals surface area contributed by atoms with E-state index >= 15 is 0 Å². The van der Waals surface area contributed by atoms with Gasteiger partial charge in [0.25, 0.3) is 11.8 Å². The molecule has 0 aromatic heterocycles. The Kier molecular flexibility index (Phi) is 5.77. The molecular formula is C27H25FN2O3. The Morgan fingerprint density at radius 3 is 2.15 bits per heavy atom. The molecule has 4 rings (SSSR count). The number of methoxy groups -OCH3 is 1. The second kappa shape index (κ2) is 8.54. The Bertz CT molecular complexity index is 1240. The first kappa shape index (κ1) is 22.3. The van der Waals surface area contributed by atoms with Crippen molar-refractivity contribution in [2.24, 2.45) is 0 Å². The molecule has 1 aliphatic heterocycles. The summed E-state index contributed by atoms with van der Waals surface area (Å²) in [5.41, 5.74) is 2.97. The summed E-state index contributed by atoms with van der Waals surface area (Å²) in [6.07, 6.45) is 0. The Labute approximate surface area is 192 Å². The van der Waals surface area contributed by atoms with E-state index in [9.17, 15) is 14.0 Å². The van der Waals surface area contributed by atoms with Gasteiger partial charge in [0.15, 0.2) is 0 Å². The van der Waals surface area contributed by atoms with E-state index in [4.69, 9.17) is 4.74 Å². The van der Waals surface area contributed by atoms with E-state index in [-0.39, 0.29) is 16.7 Å². The molecule has 0 saturated carbocycles. The van der Waals surface area contributed by atoms with E-state index in [2.05, 4.69) is 26.1 Å². The molecule has 6 heteroatoms. The Hall–Kier alpha value is -3.93. The lowest BCUT2D eigenvalue weighted by molar-refractivity contribution is -0.120. The SMILES string of the molecule is COc1cccc(N2C(=O)C(Nc3ccc(C(C)(C)C)cc3)=C(c3ccc(F)cc3)C2=O)c1. The van der Waals surface area contributed by atoms with Gasteiger partial charge >= 0.3 is 0 Å². The maximum Gasteiger partial charge on any atom is 0.282 e. The third-order valence-corrected chi connectivity index (χ3v) is 5.55. The fourth-order valence-electron chi connectivity index (χ4n) is 3.71. The van der Waals surface area contributed by atoms with Gasteiger partial charge in [0.1, 0.15) is 17.3 Å². The number of carbonyl (C=O) groups is 2. The number of carbonyl (C=O) groups excluding carboxylic acids is 2. The highest BCUT2D eigenvalue weighted by molar-refractivity contribution is 6.46. The fourth-order valence-corrected chi connectivity index (χ4v) is 3.71. The standard InChI is InChI=1S/C27H25FN2O3/c1-27(2,3)18-10-14-20(15-11-18)29-24-23(17-8-12-19(28)13-9-17)25(31)30(26(24)32)21-6-5-7-22(16-21)33-4/h5-16,29H,1-4H3. The third-order valence-electron chi connectivity index (χ3n) is 5.55. The summed E-state index contributed by atoms with van der Waals surface area (Å²) in [7, 11) is 1.52. The number of benzene rings is 3. The second-order valence-electron chi connectivity index (χ2n) is 8.86. The average molecular weight is 445 g/mol. The summed E-state index contributed by atoms with van der Waals surface area (Å²) in [4.78, 5) is 28.0. The zero-order chi connectivity index (χ0) is 23.8. The van der Waals surface area contributed by atoms with Crippen LogP contribution in [0, 0.1) is 5.82 Å². The topological polar surface area (TPSA) is 58.6 Å². The van der Waals surface area contributed by atoms with Crippen LogP contribution in [0.4, 0.5) is 15.8 Å². The number of nitrogens with one attached hydrogen (secondary N) is 1. The van der Waals surface area contributed by atoms with Crippen LogP contribution in [0.5, 0.6) is 5.75 Å². The molecule has 1 N–H and O–H groups in total. The molecule has 5 nitrogen and oxygen atoms in total. The van der Waals surface area contributed by atoms with Gasteiger partial charge in [0.05, 0.1) is 18.4 Å². The molecule has 0 bridgehead atoms. The van der Waals surface area contributed by atoms with Gasteiger partial charge in [0.2, 0.25) is 0 Å². The minimum absolute atomic E-state index is 0.0145. The summed E-state index contributed by atoms with van der Waals surface area (Å²) < 4.78 is 18.8. The molecule has 0 atom stereocenters. The first-order valence-electron chi connectivity index (χ1n) is 10.6. The molecule has 0 aliphatic carbocycles. The lowest BCUT2D eigenvalue weighted by atomic mass is 9.87. The molecule has 168 valence electrons. The van der Waals surface area contributed by atoms with Crippen LogP contribution in [0.25, 0.3) is 5.57 Å². The van der Waals surface area contributed by atoms with Crippen molar-refractivity contribution in [3.8, 4) is 5.75 Å². The first-order valence-corrected chi connectivity index (χ1v) is 10.6. The van der Waals surface area contributed by atoms with Gasteiger partial charge in [-0.1, -0.05) is 51.1 Å². The number of amides is 2. The largest absolute Gasteiger partial charge is 0.497 e. The van der Waals surface area contributed by atoms with Crippen LogP contribution in [0.2, 0.25) is 0 Å². The minimum atomic E-state index is -0.493.